The topological polar surface area (TPSA) is 49.6 Å². The Kier molecular flexibility index (Phi) is 5.54. The zero-order valence-electron chi connectivity index (χ0n) is 7.70. The van der Waals surface area contributed by atoms with Gasteiger partial charge in [0.15, 0.2) is 0 Å². The van der Waals surface area contributed by atoms with Crippen molar-refractivity contribution < 1.29 is 0 Å². The fraction of sp³-hybridized carbons (Fsp3) is 0.444. The third-order valence-electron chi connectivity index (χ3n) is 1.00. The molecule has 0 fully saturated rings. The lowest BCUT2D eigenvalue weighted by Crippen LogP contribution is -1.87. The van der Waals surface area contributed by atoms with Crippen molar-refractivity contribution >= 4 is 0 Å². The fourth-order valence-electron chi connectivity index (χ4n) is 0.516. The lowest BCUT2D eigenvalue weighted by atomic mass is 10.3. The van der Waals surface area contributed by atoms with E-state index in [1.165, 1.54) is 12.7 Å². The van der Waals surface area contributed by atoms with Crippen molar-refractivity contribution in [2.24, 2.45) is 0 Å². The Morgan fingerprint density at radius 1 is 1.50 bits per heavy atom. The Morgan fingerprint density at radius 3 is 2.42 bits per heavy atom. The lowest BCUT2D eigenvalue weighted by molar-refractivity contribution is 1.09. The average molecular weight is 163 g/mol. The summed E-state index contributed by atoms with van der Waals surface area (Å²) < 4.78 is 0. The van der Waals surface area contributed by atoms with E-state index in [9.17, 15) is 0 Å². The van der Waals surface area contributed by atoms with Gasteiger partial charge in [0, 0.05) is 11.8 Å². The van der Waals surface area contributed by atoms with Gasteiger partial charge < -0.3 is 0 Å². The number of nitriles is 1. The van der Waals surface area contributed by atoms with Crippen LogP contribution < -0.4 is 0 Å². The van der Waals surface area contributed by atoms with Crippen LogP contribution in [0, 0.1) is 18.3 Å². The number of nitrogens with zero attached hydrogens (tertiary/aromatic N) is 3. The molecule has 0 unspecified atom stereocenters. The zero-order chi connectivity index (χ0) is 9.40. The van der Waals surface area contributed by atoms with Gasteiger partial charge in [-0.1, -0.05) is 20.3 Å². The third kappa shape index (κ3) is 3.67. The SMILES string of the molecule is CCC.Cc1cncnc1C#N. The van der Waals surface area contributed by atoms with Crippen LogP contribution in [0.4, 0.5) is 0 Å². The maximum atomic E-state index is 8.38. The van der Waals surface area contributed by atoms with Crippen LogP contribution in [0.15, 0.2) is 12.5 Å². The molecule has 0 amide bonds. The summed E-state index contributed by atoms with van der Waals surface area (Å²) in [5, 5.41) is 8.38. The van der Waals surface area contributed by atoms with E-state index in [0.29, 0.717) is 5.69 Å². The van der Waals surface area contributed by atoms with Crippen LogP contribution in [0.25, 0.3) is 0 Å². The summed E-state index contributed by atoms with van der Waals surface area (Å²) in [5.74, 6) is 0. The van der Waals surface area contributed by atoms with Crippen LogP contribution in [-0.2, 0) is 0 Å². The molecular weight excluding hydrogens is 150 g/mol. The monoisotopic (exact) mass is 163 g/mol. The minimum Gasteiger partial charge on any atom is -0.244 e. The first kappa shape index (κ1) is 10.6. The highest BCUT2D eigenvalue weighted by molar-refractivity contribution is 5.26. The van der Waals surface area contributed by atoms with Crippen LogP contribution in [0.5, 0.6) is 0 Å². The highest BCUT2D eigenvalue weighted by Gasteiger charge is 1.93. The van der Waals surface area contributed by atoms with Crippen LogP contribution in [0.3, 0.4) is 0 Å². The predicted octanol–water partition coefficient (Wildman–Crippen LogP) is 2.07. The average Bonchev–Trinajstić information content (AvgIpc) is 2.07. The summed E-state index contributed by atoms with van der Waals surface area (Å²) in [6, 6.07) is 1.94. The first-order valence-electron chi connectivity index (χ1n) is 3.92. The van der Waals surface area contributed by atoms with Crippen molar-refractivity contribution in [1.82, 2.24) is 9.97 Å². The van der Waals surface area contributed by atoms with Gasteiger partial charge in [-0.3, -0.25) is 0 Å². The Hall–Kier alpha value is -1.43. The number of aryl methyl sites for hydroxylation is 1. The van der Waals surface area contributed by atoms with Crippen LogP contribution in [0.2, 0.25) is 0 Å². The minimum atomic E-state index is 0.449. The van der Waals surface area contributed by atoms with E-state index >= 15 is 0 Å². The Morgan fingerprint density at radius 2 is 2.08 bits per heavy atom. The molecule has 0 atom stereocenters. The fourth-order valence-corrected chi connectivity index (χ4v) is 0.516. The number of hydrogen-bond acceptors (Lipinski definition) is 3. The van der Waals surface area contributed by atoms with Crippen molar-refractivity contribution in [2.45, 2.75) is 27.2 Å². The summed E-state index contributed by atoms with van der Waals surface area (Å²) in [6.45, 7) is 6.05. The standard InChI is InChI=1S/C6H5N3.C3H8/c1-5-3-8-4-9-6(5)2-7;1-3-2/h3-4H,1H3;3H2,1-2H3. The van der Waals surface area contributed by atoms with Crippen molar-refractivity contribution in [1.29, 1.82) is 5.26 Å². The molecule has 0 saturated carbocycles. The van der Waals surface area contributed by atoms with Crippen molar-refractivity contribution in [3.8, 4) is 6.07 Å². The van der Waals surface area contributed by atoms with Crippen molar-refractivity contribution in [2.75, 3.05) is 0 Å². The number of rotatable bonds is 0. The smallest absolute Gasteiger partial charge is 0.146 e. The molecule has 1 aromatic heterocycles. The van der Waals surface area contributed by atoms with Crippen LogP contribution >= 0.6 is 0 Å². The van der Waals surface area contributed by atoms with Gasteiger partial charge in [0.05, 0.1) is 0 Å². The Balaban J connectivity index is 0.000000354. The molecule has 0 aromatic carbocycles. The quantitative estimate of drug-likeness (QED) is 0.588. The van der Waals surface area contributed by atoms with Gasteiger partial charge in [0.25, 0.3) is 0 Å². The molecule has 1 heterocycles. The molecule has 0 saturated heterocycles. The second-order valence-corrected chi connectivity index (χ2v) is 2.37. The van der Waals surface area contributed by atoms with E-state index in [-0.39, 0.29) is 0 Å². The van der Waals surface area contributed by atoms with Gasteiger partial charge in [0.2, 0.25) is 0 Å². The van der Waals surface area contributed by atoms with E-state index in [4.69, 9.17) is 5.26 Å². The van der Waals surface area contributed by atoms with E-state index in [1.807, 2.05) is 6.07 Å². The first-order chi connectivity index (χ1) is 5.76. The van der Waals surface area contributed by atoms with E-state index in [0.717, 1.165) is 5.56 Å². The van der Waals surface area contributed by atoms with Crippen molar-refractivity contribution in [3.63, 3.8) is 0 Å². The molecule has 3 heteroatoms. The molecule has 0 N–H and O–H groups in total. The van der Waals surface area contributed by atoms with Gasteiger partial charge in [-0.25, -0.2) is 9.97 Å². The Labute approximate surface area is 73.1 Å². The molecule has 1 rings (SSSR count). The molecular formula is C9H13N3. The Bertz CT molecular complexity index is 263. The molecule has 1 aromatic rings. The number of hydrogen-bond donors (Lipinski definition) is 0. The van der Waals surface area contributed by atoms with Crippen LogP contribution in [0.1, 0.15) is 31.5 Å². The number of aromatic nitrogens is 2. The van der Waals surface area contributed by atoms with E-state index < -0.39 is 0 Å². The molecule has 0 radical (unpaired) electrons. The summed E-state index contributed by atoms with van der Waals surface area (Å²) >= 11 is 0. The molecule has 0 aliphatic carbocycles. The van der Waals surface area contributed by atoms with Gasteiger partial charge in [-0.05, 0) is 6.92 Å². The highest BCUT2D eigenvalue weighted by atomic mass is 14.8. The molecule has 0 aliphatic heterocycles. The molecule has 3 nitrogen and oxygen atoms in total. The summed E-state index contributed by atoms with van der Waals surface area (Å²) in [5.41, 5.74) is 1.27. The lowest BCUT2D eigenvalue weighted by Gasteiger charge is -1.89. The minimum absolute atomic E-state index is 0.449. The van der Waals surface area contributed by atoms with Gasteiger partial charge >= 0.3 is 0 Å². The maximum absolute atomic E-state index is 8.38. The summed E-state index contributed by atoms with van der Waals surface area (Å²) in [4.78, 5) is 7.46. The zero-order valence-corrected chi connectivity index (χ0v) is 7.70. The maximum Gasteiger partial charge on any atom is 0.146 e. The normalized spacial score (nSPS) is 7.83. The summed E-state index contributed by atoms with van der Waals surface area (Å²) in [6.07, 6.45) is 4.23. The van der Waals surface area contributed by atoms with E-state index in [2.05, 4.69) is 23.8 Å². The molecule has 64 valence electrons. The molecule has 0 spiro atoms. The van der Waals surface area contributed by atoms with Crippen LogP contribution in [-0.4, -0.2) is 9.97 Å². The third-order valence-corrected chi connectivity index (χ3v) is 1.00. The molecule has 0 bridgehead atoms. The second kappa shape index (κ2) is 6.29. The largest absolute Gasteiger partial charge is 0.244 e. The second-order valence-electron chi connectivity index (χ2n) is 2.37. The summed E-state index contributed by atoms with van der Waals surface area (Å²) in [7, 11) is 0. The first-order valence-corrected chi connectivity index (χ1v) is 3.92. The van der Waals surface area contributed by atoms with Gasteiger partial charge in [0.1, 0.15) is 18.1 Å². The predicted molar refractivity (Wildman–Crippen MR) is 47.4 cm³/mol. The van der Waals surface area contributed by atoms with E-state index in [1.54, 1.807) is 13.1 Å². The molecule has 0 aliphatic rings. The van der Waals surface area contributed by atoms with Crippen molar-refractivity contribution in [3.05, 3.63) is 23.8 Å². The van der Waals surface area contributed by atoms with Gasteiger partial charge in [-0.15, -0.1) is 0 Å². The van der Waals surface area contributed by atoms with Gasteiger partial charge in [-0.2, -0.15) is 5.26 Å². The molecule has 12 heavy (non-hydrogen) atoms. The highest BCUT2D eigenvalue weighted by Crippen LogP contribution is 1.96.